The maximum Gasteiger partial charge on any atom is 0.302 e. The van der Waals surface area contributed by atoms with Gasteiger partial charge in [-0.1, -0.05) is 13.5 Å². The third kappa shape index (κ3) is 2.95. The number of Topliss-reactive ketones (excluding diaryl/α,β-unsaturated/α-hetero) is 1. The predicted octanol–water partition coefficient (Wildman–Crippen LogP) is 1.06. The Kier molecular flexibility index (Phi) is 5.53. The number of esters is 3. The zero-order valence-corrected chi connectivity index (χ0v) is 21.1. The van der Waals surface area contributed by atoms with Gasteiger partial charge in [0.05, 0.1) is 18.6 Å². The topological polar surface area (TPSA) is 146 Å². The highest BCUT2D eigenvalue weighted by atomic mass is 16.6. The van der Waals surface area contributed by atoms with Gasteiger partial charge in [0, 0.05) is 43.4 Å². The van der Waals surface area contributed by atoms with Crippen LogP contribution in [-0.2, 0) is 38.1 Å². The molecular formula is C26H34O10. The third-order valence-electron chi connectivity index (χ3n) is 9.79. The number of ketones is 1. The van der Waals surface area contributed by atoms with E-state index in [2.05, 4.69) is 6.58 Å². The number of fused-ring (bicyclic) bond motifs is 2. The smallest absolute Gasteiger partial charge is 0.302 e. The Labute approximate surface area is 209 Å². The van der Waals surface area contributed by atoms with Gasteiger partial charge in [-0.05, 0) is 37.2 Å². The zero-order chi connectivity index (χ0) is 26.4. The van der Waals surface area contributed by atoms with Crippen molar-refractivity contribution in [2.45, 2.75) is 77.5 Å². The molecule has 0 aromatic carbocycles. The summed E-state index contributed by atoms with van der Waals surface area (Å²) in [5.74, 6) is -6.23. The van der Waals surface area contributed by atoms with Gasteiger partial charge in [0.25, 0.3) is 0 Å². The number of hydrogen-bond acceptors (Lipinski definition) is 10. The summed E-state index contributed by atoms with van der Waals surface area (Å²) in [6.07, 6.45) is -1.88. The van der Waals surface area contributed by atoms with Gasteiger partial charge in [0.15, 0.2) is 5.78 Å². The summed E-state index contributed by atoms with van der Waals surface area (Å²) < 4.78 is 23.1. The van der Waals surface area contributed by atoms with Crippen molar-refractivity contribution in [1.82, 2.24) is 0 Å². The van der Waals surface area contributed by atoms with Crippen LogP contribution in [0.4, 0.5) is 0 Å². The first kappa shape index (κ1) is 25.4. The second-order valence-electron chi connectivity index (χ2n) is 11.7. The van der Waals surface area contributed by atoms with Gasteiger partial charge in [-0.25, -0.2) is 0 Å². The number of carbonyl (C=O) groups is 4. The molecule has 6 aliphatic rings. The number of hydrogen-bond donors (Lipinski definition) is 2. The van der Waals surface area contributed by atoms with Crippen LogP contribution in [0.25, 0.3) is 0 Å². The van der Waals surface area contributed by atoms with Gasteiger partial charge in [-0.3, -0.25) is 19.2 Å². The van der Waals surface area contributed by atoms with E-state index in [1.54, 1.807) is 0 Å². The van der Waals surface area contributed by atoms with Crippen molar-refractivity contribution < 1.29 is 48.3 Å². The highest BCUT2D eigenvalue weighted by Gasteiger charge is 2.87. The minimum absolute atomic E-state index is 0.0457. The van der Waals surface area contributed by atoms with Crippen LogP contribution in [0.15, 0.2) is 12.2 Å². The highest BCUT2D eigenvalue weighted by Crippen LogP contribution is 2.77. The standard InChI is InChI=1S/C26H34O10/c1-12-16-8-17(35-14(3)28)19-24-11-34-26(32,25(19,9-16)21(12)30)22(31)20(24)23(5,10-33-13(2)27)7-6-18(24)36-15(4)29/h16-20,22,31-32H,1,6-11H2,2-5H3/t16-,17-,18+,19+,20-,22+,23+,24+,25-,26-/m1/s1. The molecule has 4 saturated carbocycles. The number of aliphatic hydroxyl groups excluding tert-OH is 1. The minimum Gasteiger partial charge on any atom is -0.465 e. The van der Waals surface area contributed by atoms with Crippen LogP contribution in [0.2, 0.25) is 0 Å². The van der Waals surface area contributed by atoms with E-state index in [0.717, 1.165) is 0 Å². The van der Waals surface area contributed by atoms with E-state index < -0.39 is 75.9 Å². The lowest BCUT2D eigenvalue weighted by atomic mass is 9.35. The minimum atomic E-state index is -2.28. The number of rotatable bonds is 4. The summed E-state index contributed by atoms with van der Waals surface area (Å²) in [6, 6.07) is 0. The SMILES string of the molecule is C=C1C(=O)[C@@]23C[C@H]1C[C@@H](OC(C)=O)[C@H]2[C@@]12CO[C@]3(O)[C@@H](O)[C@@H]1[C@](C)(COC(C)=O)CC[C@@H]2OC(C)=O. The van der Waals surface area contributed by atoms with E-state index in [0.29, 0.717) is 24.8 Å². The first-order valence-corrected chi connectivity index (χ1v) is 12.5. The van der Waals surface area contributed by atoms with Crippen molar-refractivity contribution in [3.05, 3.63) is 12.2 Å². The second-order valence-corrected chi connectivity index (χ2v) is 11.7. The molecule has 2 aliphatic heterocycles. The van der Waals surface area contributed by atoms with Crippen molar-refractivity contribution >= 4 is 23.7 Å². The van der Waals surface area contributed by atoms with Gasteiger partial charge in [-0.15, -0.1) is 0 Å². The van der Waals surface area contributed by atoms with E-state index in [-0.39, 0.29) is 25.6 Å². The predicted molar refractivity (Wildman–Crippen MR) is 121 cm³/mol. The summed E-state index contributed by atoms with van der Waals surface area (Å²) in [4.78, 5) is 50.2. The molecular weight excluding hydrogens is 472 g/mol. The van der Waals surface area contributed by atoms with E-state index in [1.165, 1.54) is 20.8 Å². The fraction of sp³-hybridized carbons (Fsp3) is 0.769. The Morgan fingerprint density at radius 2 is 1.78 bits per heavy atom. The number of aliphatic hydroxyl groups is 2. The molecule has 6 fully saturated rings. The number of ether oxygens (including phenoxy) is 4. The fourth-order valence-corrected chi connectivity index (χ4v) is 8.78. The van der Waals surface area contributed by atoms with Crippen LogP contribution in [0.1, 0.15) is 53.4 Å². The molecule has 2 spiro atoms. The Morgan fingerprint density at radius 3 is 2.39 bits per heavy atom. The molecule has 0 unspecified atom stereocenters. The Morgan fingerprint density at radius 1 is 1.11 bits per heavy atom. The Hall–Kier alpha value is -2.30. The van der Waals surface area contributed by atoms with Crippen molar-refractivity contribution in [3.63, 3.8) is 0 Å². The third-order valence-corrected chi connectivity index (χ3v) is 9.79. The summed E-state index contributed by atoms with van der Waals surface area (Å²) in [6.45, 7) is 9.52. The molecule has 4 bridgehead atoms. The first-order valence-electron chi connectivity index (χ1n) is 12.5. The van der Waals surface area contributed by atoms with Crippen molar-refractivity contribution in [2.75, 3.05) is 13.2 Å². The van der Waals surface area contributed by atoms with E-state index in [1.807, 2.05) is 6.92 Å². The van der Waals surface area contributed by atoms with Gasteiger partial charge in [0.2, 0.25) is 5.79 Å². The van der Waals surface area contributed by atoms with Crippen LogP contribution in [-0.4, -0.2) is 71.2 Å². The molecule has 0 radical (unpaired) electrons. The molecule has 36 heavy (non-hydrogen) atoms. The molecule has 0 aromatic rings. The lowest BCUT2D eigenvalue weighted by Crippen LogP contribution is -2.85. The summed E-state index contributed by atoms with van der Waals surface area (Å²) in [7, 11) is 0. The van der Waals surface area contributed by atoms with Crippen molar-refractivity contribution in [1.29, 1.82) is 0 Å². The molecule has 6 rings (SSSR count). The van der Waals surface area contributed by atoms with Crippen molar-refractivity contribution in [3.8, 4) is 0 Å². The van der Waals surface area contributed by atoms with E-state index >= 15 is 0 Å². The molecule has 10 heteroatoms. The normalized spacial score (nSPS) is 48.6. The van der Waals surface area contributed by atoms with Crippen molar-refractivity contribution in [2.24, 2.45) is 34.0 Å². The quantitative estimate of drug-likeness (QED) is 0.322. The van der Waals surface area contributed by atoms with Crippen LogP contribution in [0.5, 0.6) is 0 Å². The molecule has 2 saturated heterocycles. The molecule has 0 amide bonds. The van der Waals surface area contributed by atoms with Crippen LogP contribution < -0.4 is 0 Å². The van der Waals surface area contributed by atoms with Gasteiger partial charge in [0.1, 0.15) is 18.3 Å². The molecule has 10 nitrogen and oxygen atoms in total. The molecule has 10 atom stereocenters. The maximum atomic E-state index is 13.9. The molecule has 2 heterocycles. The van der Waals surface area contributed by atoms with E-state index in [9.17, 15) is 29.4 Å². The Balaban J connectivity index is 1.76. The average Bonchev–Trinajstić information content (AvgIpc) is 2.97. The van der Waals surface area contributed by atoms with Crippen LogP contribution in [0, 0.1) is 34.0 Å². The van der Waals surface area contributed by atoms with Crippen LogP contribution in [0.3, 0.4) is 0 Å². The zero-order valence-electron chi connectivity index (χ0n) is 21.1. The van der Waals surface area contributed by atoms with Gasteiger partial charge >= 0.3 is 17.9 Å². The molecule has 0 aromatic heterocycles. The van der Waals surface area contributed by atoms with E-state index in [4.69, 9.17) is 18.9 Å². The summed E-state index contributed by atoms with van der Waals surface area (Å²) in [5.41, 5.74) is -3.37. The molecule has 2 N–H and O–H groups in total. The first-order chi connectivity index (χ1) is 16.7. The average molecular weight is 507 g/mol. The second kappa shape index (κ2) is 7.85. The summed E-state index contributed by atoms with van der Waals surface area (Å²) >= 11 is 0. The lowest BCUT2D eigenvalue weighted by molar-refractivity contribution is -0.457. The maximum absolute atomic E-state index is 13.9. The highest BCUT2D eigenvalue weighted by molar-refractivity contribution is 6.04. The lowest BCUT2D eigenvalue weighted by Gasteiger charge is -2.74. The van der Waals surface area contributed by atoms with Gasteiger partial charge in [-0.2, -0.15) is 0 Å². The number of carbonyl (C=O) groups excluding carboxylic acids is 4. The largest absolute Gasteiger partial charge is 0.465 e. The molecule has 198 valence electrons. The number of allylic oxidation sites excluding steroid dienone is 1. The van der Waals surface area contributed by atoms with Gasteiger partial charge < -0.3 is 29.2 Å². The summed E-state index contributed by atoms with van der Waals surface area (Å²) in [5, 5.41) is 24.0. The fourth-order valence-electron chi connectivity index (χ4n) is 8.78. The Bertz CT molecular complexity index is 1050. The monoisotopic (exact) mass is 506 g/mol. The van der Waals surface area contributed by atoms with Crippen LogP contribution >= 0.6 is 0 Å². The molecule has 4 aliphatic carbocycles.